The van der Waals surface area contributed by atoms with Gasteiger partial charge in [0.1, 0.15) is 12.4 Å². The molecule has 21 heavy (non-hydrogen) atoms. The number of hydrogen-bond acceptors (Lipinski definition) is 3. The summed E-state index contributed by atoms with van der Waals surface area (Å²) in [6, 6.07) is 1.53. The summed E-state index contributed by atoms with van der Waals surface area (Å²) in [5.41, 5.74) is 0.760. The van der Waals surface area contributed by atoms with Gasteiger partial charge in [0.05, 0.1) is 0 Å². The van der Waals surface area contributed by atoms with Crippen LogP contribution < -0.4 is 10.2 Å². The van der Waals surface area contributed by atoms with Gasteiger partial charge in [0.25, 0.3) is 0 Å². The van der Waals surface area contributed by atoms with E-state index < -0.39 is 12.7 Å². The maximum atomic E-state index is 12.8. The van der Waals surface area contributed by atoms with Crippen LogP contribution in [0.4, 0.5) is 19.0 Å². The minimum atomic E-state index is -4.26. The van der Waals surface area contributed by atoms with Gasteiger partial charge >= 0.3 is 6.18 Å². The first-order valence-corrected chi connectivity index (χ1v) is 7.72. The average molecular weight is 368 g/mol. The Morgan fingerprint density at radius 1 is 1.38 bits per heavy atom. The van der Waals surface area contributed by atoms with Gasteiger partial charge in [0.2, 0.25) is 0 Å². The van der Waals surface area contributed by atoms with E-state index in [1.807, 2.05) is 13.0 Å². The van der Waals surface area contributed by atoms with E-state index in [0.717, 1.165) is 23.0 Å². The van der Waals surface area contributed by atoms with Gasteiger partial charge < -0.3 is 10.2 Å². The number of aromatic nitrogens is 1. The molecule has 0 atom stereocenters. The molecule has 0 amide bonds. The Labute approximate surface area is 132 Å². The summed E-state index contributed by atoms with van der Waals surface area (Å²) < 4.78 is 39.1. The average Bonchev–Trinajstić information content (AvgIpc) is 2.36. The fourth-order valence-corrected chi connectivity index (χ4v) is 2.34. The van der Waals surface area contributed by atoms with Gasteiger partial charge in [-0.05, 0) is 48.8 Å². The molecule has 0 fully saturated rings. The molecule has 0 spiro atoms. The van der Waals surface area contributed by atoms with Crippen LogP contribution in [0.25, 0.3) is 0 Å². The van der Waals surface area contributed by atoms with Gasteiger partial charge in [0.15, 0.2) is 0 Å². The van der Waals surface area contributed by atoms with Crippen molar-refractivity contribution in [2.45, 2.75) is 46.0 Å². The molecule has 0 unspecified atom stereocenters. The minimum Gasteiger partial charge on any atom is -0.345 e. The van der Waals surface area contributed by atoms with Crippen molar-refractivity contribution in [3.05, 3.63) is 22.3 Å². The predicted octanol–water partition coefficient (Wildman–Crippen LogP) is 4.12. The zero-order valence-electron chi connectivity index (χ0n) is 12.5. The maximum Gasteiger partial charge on any atom is 0.405 e. The molecule has 0 saturated carbocycles. The molecular weight excluding hydrogens is 347 g/mol. The van der Waals surface area contributed by atoms with Gasteiger partial charge in [-0.25, -0.2) is 4.98 Å². The highest BCUT2D eigenvalue weighted by atomic mass is 79.9. The summed E-state index contributed by atoms with van der Waals surface area (Å²) in [4.78, 5) is 5.49. The first-order chi connectivity index (χ1) is 9.74. The van der Waals surface area contributed by atoms with Crippen molar-refractivity contribution in [3.63, 3.8) is 0 Å². The Morgan fingerprint density at radius 2 is 2.05 bits per heavy atom. The van der Waals surface area contributed by atoms with E-state index >= 15 is 0 Å². The molecule has 1 aromatic rings. The second kappa shape index (κ2) is 7.98. The molecule has 1 heterocycles. The van der Waals surface area contributed by atoms with Crippen LogP contribution in [0.5, 0.6) is 0 Å². The number of pyridine rings is 1. The third-order valence-corrected chi connectivity index (χ3v) is 3.33. The van der Waals surface area contributed by atoms with Crippen molar-refractivity contribution in [3.8, 4) is 0 Å². The van der Waals surface area contributed by atoms with E-state index in [9.17, 15) is 13.2 Å². The maximum absolute atomic E-state index is 12.8. The van der Waals surface area contributed by atoms with Crippen LogP contribution in [0.2, 0.25) is 0 Å². The van der Waals surface area contributed by atoms with Crippen molar-refractivity contribution in [2.75, 3.05) is 18.0 Å². The second-order valence-corrected chi connectivity index (χ2v) is 6.07. The Morgan fingerprint density at radius 3 is 2.57 bits per heavy atom. The SMILES string of the molecule is CCCNCc1cc(Br)cnc1N(CC(F)(F)F)C(C)C. The van der Waals surface area contributed by atoms with Gasteiger partial charge in [-0.15, -0.1) is 0 Å². The molecule has 0 aliphatic heterocycles. The summed E-state index contributed by atoms with van der Waals surface area (Å²) in [5, 5.41) is 3.21. The molecule has 1 aromatic heterocycles. The third kappa shape index (κ3) is 6.22. The summed E-state index contributed by atoms with van der Waals surface area (Å²) in [5.74, 6) is 0.383. The lowest BCUT2D eigenvalue weighted by molar-refractivity contribution is -0.120. The van der Waals surface area contributed by atoms with E-state index in [1.54, 1.807) is 13.8 Å². The number of anilines is 1. The topological polar surface area (TPSA) is 28.2 Å². The van der Waals surface area contributed by atoms with E-state index in [4.69, 9.17) is 0 Å². The molecule has 0 saturated heterocycles. The van der Waals surface area contributed by atoms with Crippen molar-refractivity contribution in [1.82, 2.24) is 10.3 Å². The standard InChI is InChI=1S/C14H21BrF3N3/c1-4-5-19-7-11-6-12(15)8-20-13(11)21(10(2)3)9-14(16,17)18/h6,8,10,19H,4-5,7,9H2,1-3H3. The van der Waals surface area contributed by atoms with Crippen molar-refractivity contribution in [1.29, 1.82) is 0 Å². The molecule has 1 rings (SSSR count). The Bertz CT molecular complexity index is 450. The van der Waals surface area contributed by atoms with Gasteiger partial charge in [0, 0.05) is 28.8 Å². The van der Waals surface area contributed by atoms with Crippen LogP contribution in [0, 0.1) is 0 Å². The van der Waals surface area contributed by atoms with Crippen molar-refractivity contribution in [2.24, 2.45) is 0 Å². The highest BCUT2D eigenvalue weighted by molar-refractivity contribution is 9.10. The number of alkyl halides is 3. The van der Waals surface area contributed by atoms with Gasteiger partial charge in [-0.3, -0.25) is 0 Å². The first-order valence-electron chi connectivity index (χ1n) is 6.93. The zero-order chi connectivity index (χ0) is 16.0. The number of halogens is 4. The molecule has 1 N–H and O–H groups in total. The minimum absolute atomic E-state index is 0.287. The Balaban J connectivity index is 3.05. The lowest BCUT2D eigenvalue weighted by Gasteiger charge is -2.30. The molecule has 0 aliphatic carbocycles. The second-order valence-electron chi connectivity index (χ2n) is 5.15. The molecular formula is C14H21BrF3N3. The fraction of sp³-hybridized carbons (Fsp3) is 0.643. The van der Waals surface area contributed by atoms with E-state index in [2.05, 4.69) is 26.2 Å². The van der Waals surface area contributed by atoms with Crippen LogP contribution in [0.15, 0.2) is 16.7 Å². The lowest BCUT2D eigenvalue weighted by atomic mass is 10.2. The third-order valence-electron chi connectivity index (χ3n) is 2.90. The lowest BCUT2D eigenvalue weighted by Crippen LogP contribution is -2.40. The molecule has 120 valence electrons. The fourth-order valence-electron chi connectivity index (χ4n) is 1.96. The van der Waals surface area contributed by atoms with Gasteiger partial charge in [-0.1, -0.05) is 6.92 Å². The van der Waals surface area contributed by atoms with Crippen LogP contribution in [-0.4, -0.2) is 30.3 Å². The first kappa shape index (κ1) is 18.2. The van der Waals surface area contributed by atoms with E-state index in [-0.39, 0.29) is 6.04 Å². The normalized spacial score (nSPS) is 12.0. The molecule has 0 radical (unpaired) electrons. The molecule has 7 heteroatoms. The number of hydrogen-bond donors (Lipinski definition) is 1. The number of nitrogens with one attached hydrogen (secondary N) is 1. The van der Waals surface area contributed by atoms with E-state index in [0.29, 0.717) is 12.4 Å². The van der Waals surface area contributed by atoms with E-state index in [1.165, 1.54) is 11.1 Å². The molecule has 0 aromatic carbocycles. The Kier molecular flexibility index (Phi) is 6.93. The van der Waals surface area contributed by atoms with Crippen LogP contribution in [0.1, 0.15) is 32.8 Å². The summed E-state index contributed by atoms with van der Waals surface area (Å²) in [6.07, 6.45) is -1.76. The predicted molar refractivity (Wildman–Crippen MR) is 82.5 cm³/mol. The van der Waals surface area contributed by atoms with Crippen molar-refractivity contribution < 1.29 is 13.2 Å². The summed E-state index contributed by atoms with van der Waals surface area (Å²) in [7, 11) is 0. The van der Waals surface area contributed by atoms with Crippen molar-refractivity contribution >= 4 is 21.7 Å². The largest absolute Gasteiger partial charge is 0.405 e. The van der Waals surface area contributed by atoms with Crippen LogP contribution in [0.3, 0.4) is 0 Å². The summed E-state index contributed by atoms with van der Waals surface area (Å²) in [6.45, 7) is 5.82. The Hall–Kier alpha value is -0.820. The highest BCUT2D eigenvalue weighted by Crippen LogP contribution is 2.27. The van der Waals surface area contributed by atoms with Crippen LogP contribution >= 0.6 is 15.9 Å². The quantitative estimate of drug-likeness (QED) is 0.734. The monoisotopic (exact) mass is 367 g/mol. The smallest absolute Gasteiger partial charge is 0.345 e. The number of nitrogens with zero attached hydrogens (tertiary/aromatic N) is 2. The highest BCUT2D eigenvalue weighted by Gasteiger charge is 2.33. The molecule has 0 aliphatic rings. The van der Waals surface area contributed by atoms with Gasteiger partial charge in [-0.2, -0.15) is 13.2 Å². The molecule has 0 bridgehead atoms. The molecule has 3 nitrogen and oxygen atoms in total. The number of rotatable bonds is 7. The summed E-state index contributed by atoms with van der Waals surface area (Å²) >= 11 is 3.32. The zero-order valence-corrected chi connectivity index (χ0v) is 14.1. The van der Waals surface area contributed by atoms with Crippen LogP contribution in [-0.2, 0) is 6.54 Å².